The van der Waals surface area contributed by atoms with Crippen LogP contribution in [0.25, 0.3) is 0 Å². The van der Waals surface area contributed by atoms with Crippen LogP contribution in [0.3, 0.4) is 0 Å². The molecule has 6 nitrogen and oxygen atoms in total. The Balaban J connectivity index is 1.44. The van der Waals surface area contributed by atoms with Crippen LogP contribution in [0.2, 0.25) is 0 Å². The second-order valence-corrected chi connectivity index (χ2v) is 7.78. The van der Waals surface area contributed by atoms with Crippen molar-refractivity contribution >= 4 is 23.4 Å². The summed E-state index contributed by atoms with van der Waals surface area (Å²) in [5, 5.41) is 3.34. The quantitative estimate of drug-likeness (QED) is 0.713. The van der Waals surface area contributed by atoms with Gasteiger partial charge in [-0.3, -0.25) is 4.79 Å². The number of nitrogens with zero attached hydrogens (tertiary/aromatic N) is 4. The first-order chi connectivity index (χ1) is 14.5. The molecule has 1 N–H and O–H groups in total. The topological polar surface area (TPSA) is 61.4 Å². The molecule has 0 spiro atoms. The Morgan fingerprint density at radius 2 is 1.63 bits per heavy atom. The maximum Gasteiger partial charge on any atom is 0.254 e. The first kappa shape index (κ1) is 19.9. The van der Waals surface area contributed by atoms with Crippen molar-refractivity contribution in [1.82, 2.24) is 14.9 Å². The first-order valence-electron chi connectivity index (χ1n) is 10.3. The third kappa shape index (κ3) is 4.43. The van der Waals surface area contributed by atoms with E-state index in [1.54, 1.807) is 0 Å². The zero-order chi connectivity index (χ0) is 21.1. The molecule has 1 saturated heterocycles. The minimum atomic E-state index is 0.101. The van der Waals surface area contributed by atoms with Gasteiger partial charge < -0.3 is 15.1 Å². The lowest BCUT2D eigenvalue weighted by Crippen LogP contribution is -2.49. The molecule has 2 heterocycles. The number of benzene rings is 2. The van der Waals surface area contributed by atoms with E-state index < -0.39 is 0 Å². The summed E-state index contributed by atoms with van der Waals surface area (Å²) in [5.74, 6) is 1.58. The highest BCUT2D eigenvalue weighted by Crippen LogP contribution is 2.20. The standard InChI is InChI=1S/C24H27N5O/c1-17-9-10-21(18(2)15-17)23(30)28-11-13-29(14-12-28)24-25-19(3)16-22(27-24)26-20-7-5-4-6-8-20/h4-10,15-16H,11-14H2,1-3H3,(H,25,26,27). The number of nitrogens with one attached hydrogen (secondary N) is 1. The monoisotopic (exact) mass is 401 g/mol. The molecular formula is C24H27N5O. The van der Waals surface area contributed by atoms with Gasteiger partial charge in [-0.25, -0.2) is 4.98 Å². The second kappa shape index (κ2) is 8.53. The summed E-state index contributed by atoms with van der Waals surface area (Å²) in [6.45, 7) is 8.76. The van der Waals surface area contributed by atoms with Crippen LogP contribution in [-0.2, 0) is 0 Å². The molecule has 2 aromatic carbocycles. The Morgan fingerprint density at radius 1 is 0.900 bits per heavy atom. The molecule has 1 aromatic heterocycles. The van der Waals surface area contributed by atoms with E-state index in [-0.39, 0.29) is 5.91 Å². The molecule has 1 aliphatic heterocycles. The molecule has 3 aromatic rings. The number of para-hydroxylation sites is 1. The molecule has 30 heavy (non-hydrogen) atoms. The first-order valence-corrected chi connectivity index (χ1v) is 10.3. The van der Waals surface area contributed by atoms with Crippen molar-refractivity contribution in [2.45, 2.75) is 20.8 Å². The summed E-state index contributed by atoms with van der Waals surface area (Å²) in [6.07, 6.45) is 0. The largest absolute Gasteiger partial charge is 0.340 e. The van der Waals surface area contributed by atoms with Crippen molar-refractivity contribution in [2.75, 3.05) is 36.4 Å². The minimum Gasteiger partial charge on any atom is -0.340 e. The third-order valence-electron chi connectivity index (χ3n) is 5.35. The number of amides is 1. The summed E-state index contributed by atoms with van der Waals surface area (Å²) >= 11 is 0. The number of aromatic nitrogens is 2. The highest BCUT2D eigenvalue weighted by molar-refractivity contribution is 5.95. The van der Waals surface area contributed by atoms with E-state index >= 15 is 0 Å². The van der Waals surface area contributed by atoms with Gasteiger partial charge in [-0.2, -0.15) is 4.98 Å². The summed E-state index contributed by atoms with van der Waals surface area (Å²) in [6, 6.07) is 17.9. The third-order valence-corrected chi connectivity index (χ3v) is 5.35. The van der Waals surface area contributed by atoms with Crippen molar-refractivity contribution in [2.24, 2.45) is 0 Å². The Morgan fingerprint density at radius 3 is 2.33 bits per heavy atom. The summed E-state index contributed by atoms with van der Waals surface area (Å²) in [5.41, 5.74) is 4.89. The number of carbonyl (C=O) groups is 1. The molecule has 1 amide bonds. The van der Waals surface area contributed by atoms with Gasteiger partial charge in [0.25, 0.3) is 5.91 Å². The average molecular weight is 402 g/mol. The number of hydrogen-bond donors (Lipinski definition) is 1. The smallest absolute Gasteiger partial charge is 0.254 e. The van der Waals surface area contributed by atoms with Gasteiger partial charge in [-0.15, -0.1) is 0 Å². The Hall–Kier alpha value is -3.41. The average Bonchev–Trinajstić information content (AvgIpc) is 2.74. The van der Waals surface area contributed by atoms with E-state index in [2.05, 4.69) is 21.3 Å². The van der Waals surface area contributed by atoms with Gasteiger partial charge in [0.05, 0.1) is 0 Å². The van der Waals surface area contributed by atoms with Gasteiger partial charge in [-0.1, -0.05) is 35.9 Å². The lowest BCUT2D eigenvalue weighted by Gasteiger charge is -2.35. The van der Waals surface area contributed by atoms with E-state index in [9.17, 15) is 4.79 Å². The fourth-order valence-corrected chi connectivity index (χ4v) is 3.76. The lowest BCUT2D eigenvalue weighted by atomic mass is 10.0. The molecule has 0 radical (unpaired) electrons. The van der Waals surface area contributed by atoms with E-state index in [0.29, 0.717) is 32.1 Å². The number of rotatable bonds is 4. The number of anilines is 3. The Bertz CT molecular complexity index is 1040. The molecule has 0 unspecified atom stereocenters. The fourth-order valence-electron chi connectivity index (χ4n) is 3.76. The normalized spacial score (nSPS) is 14.0. The second-order valence-electron chi connectivity index (χ2n) is 7.78. The van der Waals surface area contributed by atoms with Gasteiger partial charge in [0, 0.05) is 49.2 Å². The van der Waals surface area contributed by atoms with Crippen LogP contribution >= 0.6 is 0 Å². The molecule has 0 saturated carbocycles. The van der Waals surface area contributed by atoms with Crippen LogP contribution in [0.15, 0.2) is 54.6 Å². The highest BCUT2D eigenvalue weighted by atomic mass is 16.2. The molecule has 1 fully saturated rings. The van der Waals surface area contributed by atoms with Gasteiger partial charge in [0.15, 0.2) is 0 Å². The van der Waals surface area contributed by atoms with Crippen LogP contribution in [0.5, 0.6) is 0 Å². The van der Waals surface area contributed by atoms with E-state index in [4.69, 9.17) is 4.98 Å². The lowest BCUT2D eigenvalue weighted by molar-refractivity contribution is 0.0745. The maximum atomic E-state index is 13.0. The SMILES string of the molecule is Cc1ccc(C(=O)N2CCN(c3nc(C)cc(Nc4ccccc4)n3)CC2)c(C)c1. The fraction of sp³-hybridized carbons (Fsp3) is 0.292. The molecule has 0 atom stereocenters. The van der Waals surface area contributed by atoms with Crippen LogP contribution in [0, 0.1) is 20.8 Å². The van der Waals surface area contributed by atoms with E-state index in [0.717, 1.165) is 28.3 Å². The molecule has 154 valence electrons. The maximum absolute atomic E-state index is 13.0. The van der Waals surface area contributed by atoms with Crippen molar-refractivity contribution < 1.29 is 4.79 Å². The van der Waals surface area contributed by atoms with E-state index in [1.165, 1.54) is 5.56 Å². The van der Waals surface area contributed by atoms with Gasteiger partial charge in [-0.05, 0) is 44.5 Å². The highest BCUT2D eigenvalue weighted by Gasteiger charge is 2.24. The molecule has 4 rings (SSSR count). The Kier molecular flexibility index (Phi) is 5.65. The Labute approximate surface area is 177 Å². The minimum absolute atomic E-state index is 0.101. The number of carbonyl (C=O) groups excluding carboxylic acids is 1. The van der Waals surface area contributed by atoms with Crippen LogP contribution < -0.4 is 10.2 Å². The predicted octanol–water partition coefficient (Wildman–Crippen LogP) is 4.11. The van der Waals surface area contributed by atoms with Gasteiger partial charge in [0.1, 0.15) is 5.82 Å². The number of aryl methyl sites for hydroxylation is 3. The van der Waals surface area contributed by atoms with Crippen LogP contribution in [0.1, 0.15) is 27.2 Å². The summed E-state index contributed by atoms with van der Waals surface area (Å²) in [7, 11) is 0. The molecule has 0 bridgehead atoms. The van der Waals surface area contributed by atoms with Crippen molar-refractivity contribution in [3.63, 3.8) is 0 Å². The van der Waals surface area contributed by atoms with Gasteiger partial charge in [0.2, 0.25) is 5.95 Å². The molecule has 1 aliphatic rings. The summed E-state index contributed by atoms with van der Waals surface area (Å²) < 4.78 is 0. The molecular weight excluding hydrogens is 374 g/mol. The van der Waals surface area contributed by atoms with Crippen LogP contribution in [0.4, 0.5) is 17.5 Å². The van der Waals surface area contributed by atoms with Crippen molar-refractivity contribution in [3.8, 4) is 0 Å². The zero-order valence-electron chi connectivity index (χ0n) is 17.7. The number of hydrogen-bond acceptors (Lipinski definition) is 5. The molecule has 6 heteroatoms. The molecule has 0 aliphatic carbocycles. The van der Waals surface area contributed by atoms with E-state index in [1.807, 2.05) is 74.2 Å². The number of piperazine rings is 1. The predicted molar refractivity (Wildman–Crippen MR) is 121 cm³/mol. The van der Waals surface area contributed by atoms with Gasteiger partial charge >= 0.3 is 0 Å². The van der Waals surface area contributed by atoms with Crippen molar-refractivity contribution in [3.05, 3.63) is 77.0 Å². The summed E-state index contributed by atoms with van der Waals surface area (Å²) in [4.78, 5) is 26.4. The zero-order valence-corrected chi connectivity index (χ0v) is 17.7. The van der Waals surface area contributed by atoms with Crippen LogP contribution in [-0.4, -0.2) is 47.0 Å². The van der Waals surface area contributed by atoms with Crippen molar-refractivity contribution in [1.29, 1.82) is 0 Å².